The van der Waals surface area contributed by atoms with Gasteiger partial charge in [-0.2, -0.15) is 0 Å². The SMILES string of the molecule is CC[n+]1c(CNC(=O)c2nc(Cl)c(N)nc2N)n(C)c2cc(-c3ccc(OC)cc3)ccc21.CC[n+]1c(COC(=O)c2nc(Cl)c(N)nc2N)n(C)c2cc(Br)ccc21.I. The van der Waals surface area contributed by atoms with Crippen LogP contribution in [0.15, 0.2) is 65.1 Å². The van der Waals surface area contributed by atoms with Crippen LogP contribution in [-0.4, -0.2) is 48.1 Å². The highest BCUT2D eigenvalue weighted by Gasteiger charge is 2.26. The van der Waals surface area contributed by atoms with Crippen LogP contribution < -0.4 is 42.1 Å². The van der Waals surface area contributed by atoms with Crippen LogP contribution in [0.3, 0.4) is 0 Å². The van der Waals surface area contributed by atoms with Gasteiger partial charge in [-0.1, -0.05) is 51.3 Å². The van der Waals surface area contributed by atoms with Gasteiger partial charge in [-0.3, -0.25) is 4.79 Å². The van der Waals surface area contributed by atoms with Crippen molar-refractivity contribution in [3.05, 3.63) is 98.5 Å². The average Bonchev–Trinajstić information content (AvgIpc) is 3.65. The summed E-state index contributed by atoms with van der Waals surface area (Å²) in [6.45, 7) is 5.85. The maximum Gasteiger partial charge on any atom is 0.361 e. The highest BCUT2D eigenvalue weighted by atomic mass is 127. The summed E-state index contributed by atoms with van der Waals surface area (Å²) in [5, 5.41) is 2.71. The first-order valence-electron chi connectivity index (χ1n) is 18.1. The molecule has 0 fully saturated rings. The topological polar surface area (TPSA) is 238 Å². The van der Waals surface area contributed by atoms with Crippen LogP contribution in [0.25, 0.3) is 33.2 Å². The Morgan fingerprint density at radius 2 is 1.25 bits per heavy atom. The minimum Gasteiger partial charge on any atom is -0.497 e. The number of methoxy groups -OCH3 is 1. The van der Waals surface area contributed by atoms with Crippen molar-refractivity contribution >= 4 is 120 Å². The number of ether oxygens (including phenoxy) is 2. The van der Waals surface area contributed by atoms with Gasteiger partial charge in [0.2, 0.25) is 0 Å². The monoisotopic (exact) mass is 1030 g/mol. The van der Waals surface area contributed by atoms with Crippen LogP contribution in [0.4, 0.5) is 23.3 Å². The number of carbonyl (C=O) groups excluding carboxylic acids is 2. The van der Waals surface area contributed by atoms with E-state index in [1.807, 2.05) is 68.1 Å². The number of fused-ring (bicyclic) bond motifs is 2. The van der Waals surface area contributed by atoms with Gasteiger partial charge < -0.3 is 37.7 Å². The van der Waals surface area contributed by atoms with E-state index in [9.17, 15) is 9.59 Å². The van der Waals surface area contributed by atoms with Crippen LogP contribution in [0.5, 0.6) is 5.75 Å². The Kier molecular flexibility index (Phi) is 14.6. The molecule has 0 aliphatic carbocycles. The van der Waals surface area contributed by atoms with Crippen molar-refractivity contribution in [2.75, 3.05) is 30.0 Å². The molecule has 0 spiro atoms. The number of nitrogens with one attached hydrogen (secondary N) is 1. The molecule has 7 aromatic rings. The summed E-state index contributed by atoms with van der Waals surface area (Å²) in [6.07, 6.45) is 0. The number of benzene rings is 3. The molecule has 4 heterocycles. The van der Waals surface area contributed by atoms with E-state index < -0.39 is 11.9 Å². The first-order chi connectivity index (χ1) is 28.2. The maximum atomic E-state index is 12.7. The van der Waals surface area contributed by atoms with E-state index in [1.54, 1.807) is 7.11 Å². The third-order valence-electron chi connectivity index (χ3n) is 9.63. The van der Waals surface area contributed by atoms with Crippen LogP contribution in [-0.2, 0) is 45.1 Å². The number of nitrogen functional groups attached to an aromatic ring is 4. The van der Waals surface area contributed by atoms with E-state index >= 15 is 0 Å². The molecular formula is C39H43BrCl2IN13O4+2. The number of nitrogens with two attached hydrogens (primary N) is 4. The van der Waals surface area contributed by atoms with Crippen LogP contribution in [0.2, 0.25) is 10.3 Å². The molecule has 0 unspecified atom stereocenters. The smallest absolute Gasteiger partial charge is 0.361 e. The zero-order valence-corrected chi connectivity index (χ0v) is 38.6. The zero-order chi connectivity index (χ0) is 42.7. The molecule has 1 amide bonds. The van der Waals surface area contributed by atoms with Crippen LogP contribution in [0, 0.1) is 0 Å². The molecule has 0 aliphatic heterocycles. The van der Waals surface area contributed by atoms with Gasteiger partial charge >= 0.3 is 5.97 Å². The van der Waals surface area contributed by atoms with Crippen molar-refractivity contribution in [1.29, 1.82) is 0 Å². The quantitative estimate of drug-likeness (QED) is 0.0646. The van der Waals surface area contributed by atoms with Crippen molar-refractivity contribution in [2.24, 2.45) is 14.1 Å². The number of hydrogen-bond acceptors (Lipinski definition) is 12. The fourth-order valence-electron chi connectivity index (χ4n) is 6.63. The van der Waals surface area contributed by atoms with E-state index in [-0.39, 0.29) is 82.1 Å². The predicted molar refractivity (Wildman–Crippen MR) is 245 cm³/mol. The highest BCUT2D eigenvalue weighted by molar-refractivity contribution is 14.0. The van der Waals surface area contributed by atoms with Gasteiger partial charge in [-0.05, 0) is 67.4 Å². The molecule has 21 heteroatoms. The summed E-state index contributed by atoms with van der Waals surface area (Å²) in [6, 6.07) is 20.2. The highest BCUT2D eigenvalue weighted by Crippen LogP contribution is 2.27. The second kappa shape index (κ2) is 19.3. The van der Waals surface area contributed by atoms with Gasteiger partial charge in [-0.25, -0.2) is 43.0 Å². The molecule has 3 aromatic carbocycles. The largest absolute Gasteiger partial charge is 0.497 e. The summed E-state index contributed by atoms with van der Waals surface area (Å²) < 4.78 is 19.9. The number of nitrogens with zero attached hydrogens (tertiary/aromatic N) is 8. The van der Waals surface area contributed by atoms with Crippen molar-refractivity contribution in [3.63, 3.8) is 0 Å². The number of aryl methyl sites for hydroxylation is 4. The first kappa shape index (κ1) is 45.6. The van der Waals surface area contributed by atoms with Gasteiger partial charge in [0, 0.05) is 10.5 Å². The summed E-state index contributed by atoms with van der Waals surface area (Å²) in [4.78, 5) is 40.5. The third-order valence-corrected chi connectivity index (χ3v) is 10.7. The van der Waals surface area contributed by atoms with Crippen molar-refractivity contribution in [1.82, 2.24) is 34.4 Å². The maximum absolute atomic E-state index is 12.7. The lowest BCUT2D eigenvalue weighted by molar-refractivity contribution is -0.678. The van der Waals surface area contributed by atoms with Crippen molar-refractivity contribution < 1.29 is 28.2 Å². The molecule has 60 heavy (non-hydrogen) atoms. The van der Waals surface area contributed by atoms with Gasteiger partial charge in [0.15, 0.2) is 73.6 Å². The van der Waals surface area contributed by atoms with Crippen molar-refractivity contribution in [3.8, 4) is 16.9 Å². The fraction of sp³-hybridized carbons (Fsp3) is 0.231. The number of carbonyl (C=O) groups is 2. The van der Waals surface area contributed by atoms with Crippen molar-refractivity contribution in [2.45, 2.75) is 40.1 Å². The van der Waals surface area contributed by atoms with Gasteiger partial charge in [-0.15, -0.1) is 24.0 Å². The fourth-order valence-corrected chi connectivity index (χ4v) is 7.23. The molecule has 314 valence electrons. The number of anilines is 4. The Bertz CT molecular complexity index is 2750. The molecule has 7 rings (SSSR count). The number of rotatable bonds is 10. The lowest BCUT2D eigenvalue weighted by atomic mass is 10.0. The summed E-state index contributed by atoms with van der Waals surface area (Å²) in [5.74, 6) is 1.11. The molecule has 0 radical (unpaired) electrons. The van der Waals surface area contributed by atoms with Crippen LogP contribution in [0.1, 0.15) is 46.5 Å². The standard InChI is InChI=1S/C23H24ClN7O2.C16H16BrClN6O2.HI/c1-4-31-16-10-7-14(13-5-8-15(33-3)9-6-13)11-17(16)30(2)18(31)12-27-23(32)19-21(25)29-22(26)20(24)28-19;1-3-24-9-5-4-8(17)6-10(9)23(2)11(24)7-26-16(25)12-14(19)22-15(20)13(18)21-12;/h5-11H,4,12H2,1-3H3,(H4-,25,26,27,29,32);4-6H,3,7H2,1-2H3,(H3-,19,20,22,25);1H/p+2. The Balaban J connectivity index is 0.000000230. The molecule has 0 saturated carbocycles. The normalized spacial score (nSPS) is 10.9. The van der Waals surface area contributed by atoms with Crippen LogP contribution >= 0.6 is 63.1 Å². The average molecular weight is 1040 g/mol. The lowest BCUT2D eigenvalue weighted by Crippen LogP contribution is -2.40. The molecule has 17 nitrogen and oxygen atoms in total. The molecule has 4 aromatic heterocycles. The molecule has 0 bridgehead atoms. The Morgan fingerprint density at radius 3 is 1.85 bits per heavy atom. The number of esters is 1. The number of imidazole rings is 2. The molecule has 0 saturated heterocycles. The molecule has 0 aliphatic rings. The number of hydrogen-bond donors (Lipinski definition) is 5. The van der Waals surface area contributed by atoms with E-state index in [0.717, 1.165) is 68.2 Å². The van der Waals surface area contributed by atoms with Gasteiger partial charge in [0.1, 0.15) is 12.3 Å². The van der Waals surface area contributed by atoms with E-state index in [2.05, 4.69) is 80.0 Å². The predicted octanol–water partition coefficient (Wildman–Crippen LogP) is 5.53. The van der Waals surface area contributed by atoms with Gasteiger partial charge in [0.25, 0.3) is 17.6 Å². The molecule has 9 N–H and O–H groups in total. The van der Waals surface area contributed by atoms with E-state index in [0.29, 0.717) is 0 Å². The summed E-state index contributed by atoms with van der Waals surface area (Å²) >= 11 is 15.2. The minimum atomic E-state index is -0.717. The first-order valence-corrected chi connectivity index (χ1v) is 19.7. The number of aromatic nitrogens is 8. The van der Waals surface area contributed by atoms with Gasteiger partial charge in [0.05, 0.1) is 34.3 Å². The molecular weight excluding hydrogens is 992 g/mol. The molecule has 0 atom stereocenters. The second-order valence-corrected chi connectivity index (χ2v) is 14.7. The lowest BCUT2D eigenvalue weighted by Gasteiger charge is -2.07. The number of amides is 1. The Hall–Kier alpha value is -5.51. The second-order valence-electron chi connectivity index (χ2n) is 13.0. The summed E-state index contributed by atoms with van der Waals surface area (Å²) in [7, 11) is 5.54. The van der Waals surface area contributed by atoms with E-state index in [4.69, 9.17) is 55.6 Å². The minimum absolute atomic E-state index is 0. The van der Waals surface area contributed by atoms with E-state index in [1.165, 1.54) is 0 Å². The summed E-state index contributed by atoms with van der Waals surface area (Å²) in [5.41, 5.74) is 28.7. The zero-order valence-electron chi connectivity index (χ0n) is 33.2. The Labute approximate surface area is 380 Å². The number of halogens is 4. The third kappa shape index (κ3) is 9.28. The Morgan fingerprint density at radius 1 is 0.733 bits per heavy atom.